The third-order valence-electron chi connectivity index (χ3n) is 3.90. The van der Waals surface area contributed by atoms with Crippen LogP contribution < -0.4 is 5.32 Å². The van der Waals surface area contributed by atoms with E-state index >= 15 is 0 Å². The number of hydrogen-bond donors (Lipinski definition) is 1. The Kier molecular flexibility index (Phi) is 5.80. The molecule has 0 amide bonds. The zero-order valence-electron chi connectivity index (χ0n) is 11.2. The Bertz CT molecular complexity index is 315. The summed E-state index contributed by atoms with van der Waals surface area (Å²) in [6, 6.07) is 0.165. The molecular formula is C12H25NO2S2. The number of hydrogen-bond acceptors (Lipinski definition) is 4. The molecule has 102 valence electrons. The molecule has 1 unspecified atom stereocenters. The third-order valence-corrected chi connectivity index (χ3v) is 7.31. The van der Waals surface area contributed by atoms with Gasteiger partial charge in [0.25, 0.3) is 0 Å². The lowest BCUT2D eigenvalue weighted by atomic mass is 10.0. The Balaban J connectivity index is 2.49. The normalized spacial score (nSPS) is 24.8. The standard InChI is InChI=1S/C12H25NO2S2/c1-4-12(5-2,16-3)10-13-11-7-6-8-17(14,15)9-11/h11,13H,4-10H2,1-3H3. The molecule has 1 rings (SSSR count). The minimum absolute atomic E-state index is 0.165. The Morgan fingerprint density at radius 2 is 2.00 bits per heavy atom. The zero-order valence-corrected chi connectivity index (χ0v) is 12.8. The van der Waals surface area contributed by atoms with Crippen LogP contribution in [0.3, 0.4) is 0 Å². The second-order valence-corrected chi connectivity index (χ2v) is 8.43. The van der Waals surface area contributed by atoms with Crippen LogP contribution in [0.25, 0.3) is 0 Å². The maximum Gasteiger partial charge on any atom is 0.151 e. The SMILES string of the molecule is CCC(CC)(CNC1CCCS(=O)(=O)C1)SC. The van der Waals surface area contributed by atoms with E-state index in [1.165, 1.54) is 0 Å². The summed E-state index contributed by atoms with van der Waals surface area (Å²) in [5.41, 5.74) is 0. The van der Waals surface area contributed by atoms with Crippen molar-refractivity contribution in [2.75, 3.05) is 24.3 Å². The van der Waals surface area contributed by atoms with Crippen molar-refractivity contribution in [3.05, 3.63) is 0 Å². The Labute approximate surface area is 110 Å². The molecule has 0 aromatic rings. The maximum absolute atomic E-state index is 11.5. The van der Waals surface area contributed by atoms with Gasteiger partial charge in [-0.1, -0.05) is 13.8 Å². The van der Waals surface area contributed by atoms with Crippen LogP contribution in [-0.2, 0) is 9.84 Å². The first-order chi connectivity index (χ1) is 7.97. The first kappa shape index (κ1) is 15.3. The van der Waals surface area contributed by atoms with Crippen molar-refractivity contribution in [3.63, 3.8) is 0 Å². The van der Waals surface area contributed by atoms with E-state index in [2.05, 4.69) is 25.4 Å². The molecule has 0 aromatic heterocycles. The first-order valence-electron chi connectivity index (χ1n) is 6.46. The van der Waals surface area contributed by atoms with Crippen molar-refractivity contribution < 1.29 is 8.42 Å². The third kappa shape index (κ3) is 4.45. The maximum atomic E-state index is 11.5. The molecule has 0 spiro atoms. The summed E-state index contributed by atoms with van der Waals surface area (Å²) in [6.45, 7) is 5.33. The molecule has 5 heteroatoms. The topological polar surface area (TPSA) is 46.2 Å². The molecule has 1 heterocycles. The van der Waals surface area contributed by atoms with E-state index in [-0.39, 0.29) is 10.8 Å². The summed E-state index contributed by atoms with van der Waals surface area (Å²) in [6.07, 6.45) is 6.20. The molecule has 0 aliphatic carbocycles. The predicted molar refractivity (Wildman–Crippen MR) is 76.5 cm³/mol. The van der Waals surface area contributed by atoms with Gasteiger partial charge < -0.3 is 5.32 Å². The molecule has 0 saturated carbocycles. The molecule has 1 aliphatic heterocycles. The van der Waals surface area contributed by atoms with E-state index in [9.17, 15) is 8.42 Å². The molecule has 0 bridgehead atoms. The quantitative estimate of drug-likeness (QED) is 0.808. The fraction of sp³-hybridized carbons (Fsp3) is 1.00. The van der Waals surface area contributed by atoms with E-state index in [1.807, 2.05) is 11.8 Å². The lowest BCUT2D eigenvalue weighted by molar-refractivity contribution is 0.427. The van der Waals surface area contributed by atoms with Gasteiger partial charge in [-0.2, -0.15) is 11.8 Å². The summed E-state index contributed by atoms with van der Waals surface area (Å²) < 4.78 is 23.4. The van der Waals surface area contributed by atoms with Crippen molar-refractivity contribution in [2.45, 2.75) is 50.3 Å². The van der Waals surface area contributed by atoms with Crippen LogP contribution in [-0.4, -0.2) is 43.5 Å². The number of rotatable bonds is 6. The molecular weight excluding hydrogens is 254 g/mol. The van der Waals surface area contributed by atoms with Crippen molar-refractivity contribution in [3.8, 4) is 0 Å². The number of sulfone groups is 1. The van der Waals surface area contributed by atoms with E-state index in [0.29, 0.717) is 11.5 Å². The van der Waals surface area contributed by atoms with Gasteiger partial charge in [0.15, 0.2) is 9.84 Å². The van der Waals surface area contributed by atoms with Gasteiger partial charge in [-0.05, 0) is 31.9 Å². The van der Waals surface area contributed by atoms with Gasteiger partial charge in [0, 0.05) is 17.3 Å². The minimum atomic E-state index is -2.79. The molecule has 1 aliphatic rings. The largest absolute Gasteiger partial charge is 0.312 e. The molecule has 1 saturated heterocycles. The highest BCUT2D eigenvalue weighted by molar-refractivity contribution is 8.00. The fourth-order valence-corrected chi connectivity index (χ4v) is 4.85. The monoisotopic (exact) mass is 279 g/mol. The average molecular weight is 279 g/mol. The summed E-state index contributed by atoms with van der Waals surface area (Å²) in [5, 5.41) is 3.47. The summed E-state index contributed by atoms with van der Waals surface area (Å²) in [7, 11) is -2.79. The summed E-state index contributed by atoms with van der Waals surface area (Å²) in [4.78, 5) is 0. The highest BCUT2D eigenvalue weighted by atomic mass is 32.2. The van der Waals surface area contributed by atoms with Crippen molar-refractivity contribution in [1.82, 2.24) is 5.32 Å². The predicted octanol–water partition coefficient (Wildman–Crippen LogP) is 2.08. The molecule has 1 atom stereocenters. The molecule has 17 heavy (non-hydrogen) atoms. The lowest BCUT2D eigenvalue weighted by Gasteiger charge is -2.33. The first-order valence-corrected chi connectivity index (χ1v) is 9.50. The summed E-state index contributed by atoms with van der Waals surface area (Å²) in [5.74, 6) is 0.700. The Hall–Kier alpha value is 0.260. The van der Waals surface area contributed by atoms with Gasteiger partial charge in [-0.15, -0.1) is 0 Å². The smallest absolute Gasteiger partial charge is 0.151 e. The molecule has 1 fully saturated rings. The van der Waals surface area contributed by atoms with E-state index in [0.717, 1.165) is 32.2 Å². The van der Waals surface area contributed by atoms with Crippen LogP contribution in [0.1, 0.15) is 39.5 Å². The van der Waals surface area contributed by atoms with Crippen LogP contribution in [0.4, 0.5) is 0 Å². The van der Waals surface area contributed by atoms with Crippen molar-refractivity contribution >= 4 is 21.6 Å². The number of nitrogens with one attached hydrogen (secondary N) is 1. The van der Waals surface area contributed by atoms with Crippen LogP contribution in [0.5, 0.6) is 0 Å². The van der Waals surface area contributed by atoms with Gasteiger partial charge in [0.05, 0.1) is 11.5 Å². The van der Waals surface area contributed by atoms with Crippen molar-refractivity contribution in [2.24, 2.45) is 0 Å². The highest BCUT2D eigenvalue weighted by Crippen LogP contribution is 2.30. The van der Waals surface area contributed by atoms with Crippen LogP contribution in [0.2, 0.25) is 0 Å². The Morgan fingerprint density at radius 1 is 1.35 bits per heavy atom. The van der Waals surface area contributed by atoms with Gasteiger partial charge in [-0.3, -0.25) is 0 Å². The van der Waals surface area contributed by atoms with Crippen molar-refractivity contribution in [1.29, 1.82) is 0 Å². The Morgan fingerprint density at radius 3 is 2.47 bits per heavy atom. The molecule has 0 radical (unpaired) electrons. The van der Waals surface area contributed by atoms with Crippen LogP contribution in [0, 0.1) is 0 Å². The second-order valence-electron chi connectivity index (χ2n) is 4.93. The van der Waals surface area contributed by atoms with Crippen LogP contribution >= 0.6 is 11.8 Å². The van der Waals surface area contributed by atoms with Gasteiger partial charge >= 0.3 is 0 Å². The lowest BCUT2D eigenvalue weighted by Crippen LogP contribution is -2.46. The zero-order chi connectivity index (χ0) is 12.9. The van der Waals surface area contributed by atoms with Crippen LogP contribution in [0.15, 0.2) is 0 Å². The van der Waals surface area contributed by atoms with Gasteiger partial charge in [-0.25, -0.2) is 8.42 Å². The molecule has 0 aromatic carbocycles. The highest BCUT2D eigenvalue weighted by Gasteiger charge is 2.29. The average Bonchev–Trinajstić information content (AvgIpc) is 2.30. The van der Waals surface area contributed by atoms with Gasteiger partial charge in [0.2, 0.25) is 0 Å². The molecule has 3 nitrogen and oxygen atoms in total. The number of thioether (sulfide) groups is 1. The second kappa shape index (κ2) is 6.43. The fourth-order valence-electron chi connectivity index (χ4n) is 2.38. The minimum Gasteiger partial charge on any atom is -0.312 e. The molecule has 1 N–H and O–H groups in total. The van der Waals surface area contributed by atoms with E-state index in [4.69, 9.17) is 0 Å². The van der Waals surface area contributed by atoms with E-state index in [1.54, 1.807) is 0 Å². The summed E-state index contributed by atoms with van der Waals surface area (Å²) >= 11 is 1.89. The van der Waals surface area contributed by atoms with E-state index < -0.39 is 9.84 Å². The van der Waals surface area contributed by atoms with Gasteiger partial charge in [0.1, 0.15) is 0 Å².